The van der Waals surface area contributed by atoms with Crippen molar-refractivity contribution in [3.63, 3.8) is 0 Å². The van der Waals surface area contributed by atoms with Gasteiger partial charge in [-0.2, -0.15) is 5.21 Å². The van der Waals surface area contributed by atoms with Crippen LogP contribution in [0, 0.1) is 0 Å². The molecule has 13 nitrogen and oxygen atoms in total. The Labute approximate surface area is 200 Å². The van der Waals surface area contributed by atoms with Crippen LogP contribution in [0.1, 0.15) is 47.4 Å². The van der Waals surface area contributed by atoms with E-state index in [1.807, 2.05) is 9.80 Å². The number of carbonyl (C=O) groups is 2. The number of rotatable bonds is 9. The van der Waals surface area contributed by atoms with Crippen LogP contribution in [0.4, 0.5) is 5.82 Å². The summed E-state index contributed by atoms with van der Waals surface area (Å²) in [6.45, 7) is 2.60. The summed E-state index contributed by atoms with van der Waals surface area (Å²) in [5.74, 6) is -0.293. The van der Waals surface area contributed by atoms with E-state index in [1.165, 1.54) is 22.7 Å². The largest absolute Gasteiger partial charge is 0.478 e. The second kappa shape index (κ2) is 10.9. The zero-order chi connectivity index (χ0) is 24.8. The first-order valence-electron chi connectivity index (χ1n) is 11.4. The molecule has 0 bridgehead atoms. The summed E-state index contributed by atoms with van der Waals surface area (Å²) < 4.78 is 1.30. The molecule has 4 heterocycles. The normalized spacial score (nSPS) is 14.2. The van der Waals surface area contributed by atoms with Gasteiger partial charge < -0.3 is 20.6 Å². The number of H-pyrrole nitrogens is 1. The summed E-state index contributed by atoms with van der Waals surface area (Å²) in [7, 11) is 0. The highest BCUT2D eigenvalue weighted by Gasteiger charge is 2.25. The van der Waals surface area contributed by atoms with Crippen molar-refractivity contribution in [1.82, 2.24) is 34.9 Å². The minimum Gasteiger partial charge on any atom is -0.478 e. The zero-order valence-electron chi connectivity index (χ0n) is 19.1. The minimum atomic E-state index is -1.11. The number of nitrogens with zero attached hydrogens (tertiary/aromatic N) is 7. The molecule has 1 fully saturated rings. The Hall–Kier alpha value is -4.13. The van der Waals surface area contributed by atoms with Gasteiger partial charge in [-0.25, -0.2) is 9.78 Å². The van der Waals surface area contributed by atoms with Crippen LogP contribution in [0.3, 0.4) is 0 Å². The Morgan fingerprint density at radius 3 is 2.63 bits per heavy atom. The molecule has 35 heavy (non-hydrogen) atoms. The molecule has 3 aromatic rings. The molecule has 0 unspecified atom stereocenters. The van der Waals surface area contributed by atoms with Crippen LogP contribution in [0.2, 0.25) is 0 Å². The number of carbonyl (C=O) groups excluding carboxylic acids is 1. The number of carboxylic acids is 1. The first-order valence-corrected chi connectivity index (χ1v) is 11.4. The zero-order valence-corrected chi connectivity index (χ0v) is 19.1. The summed E-state index contributed by atoms with van der Waals surface area (Å²) in [6, 6.07) is 2.71. The number of hydrogen-bond acceptors (Lipinski definition) is 9. The Morgan fingerprint density at radius 2 is 1.94 bits per heavy atom. The van der Waals surface area contributed by atoms with Crippen LogP contribution < -0.4 is 16.2 Å². The van der Waals surface area contributed by atoms with Crippen LogP contribution in [0.25, 0.3) is 17.8 Å². The van der Waals surface area contributed by atoms with Crippen molar-refractivity contribution in [1.29, 1.82) is 0 Å². The van der Waals surface area contributed by atoms with Crippen LogP contribution in [0.5, 0.6) is 0 Å². The van der Waals surface area contributed by atoms with Crippen LogP contribution >= 0.6 is 0 Å². The maximum atomic E-state index is 13.3. The lowest BCUT2D eigenvalue weighted by Crippen LogP contribution is -2.49. The quantitative estimate of drug-likeness (QED) is 0.359. The van der Waals surface area contributed by atoms with Crippen LogP contribution in [-0.2, 0) is 4.79 Å². The third kappa shape index (κ3) is 5.51. The number of nitrogens with one attached hydrogen (secondary N) is 1. The number of piperazine rings is 1. The number of anilines is 1. The highest BCUT2D eigenvalue weighted by atomic mass is 16.4. The summed E-state index contributed by atoms with van der Waals surface area (Å²) in [5, 5.41) is 22.9. The number of carboxylic acid groups (broad SMARTS) is 1. The van der Waals surface area contributed by atoms with Crippen molar-refractivity contribution < 1.29 is 14.7 Å². The van der Waals surface area contributed by atoms with Crippen molar-refractivity contribution >= 4 is 35.5 Å². The van der Waals surface area contributed by atoms with E-state index >= 15 is 0 Å². The van der Waals surface area contributed by atoms with E-state index in [2.05, 4.69) is 25.6 Å². The standard InChI is InChI=1S/C22H27N9O4/c23-8-3-1-2-4-19(32)29-10-12-30(13-11-29)20-16(5-6-17-25-27-28-26-17)21(33)31-9-7-15(22(34)35)14-18(31)24-20/h5-7,9,14H,1-4,8,10-13,23H2,(H,34,35)(H,25,26,27,28). The lowest BCUT2D eigenvalue weighted by atomic mass is 10.1. The van der Waals surface area contributed by atoms with Gasteiger partial charge in [0.15, 0.2) is 5.82 Å². The SMILES string of the molecule is NCCCCCC(=O)N1CCN(c2nc3cc(C(=O)O)ccn3c(=O)c2C=Cc2nn[nH]n2)CC1. The summed E-state index contributed by atoms with van der Waals surface area (Å²) >= 11 is 0. The first kappa shape index (κ1) is 24.0. The maximum Gasteiger partial charge on any atom is 0.335 e. The van der Waals surface area contributed by atoms with E-state index in [1.54, 1.807) is 12.2 Å². The number of tetrazole rings is 1. The molecule has 4 N–H and O–H groups in total. The monoisotopic (exact) mass is 481 g/mol. The van der Waals surface area contributed by atoms with Crippen molar-refractivity contribution in [3.05, 3.63) is 45.6 Å². The van der Waals surface area contributed by atoms with Gasteiger partial charge in [-0.3, -0.25) is 14.0 Å². The second-order valence-corrected chi connectivity index (χ2v) is 8.17. The molecular weight excluding hydrogens is 454 g/mol. The van der Waals surface area contributed by atoms with E-state index in [-0.39, 0.29) is 22.7 Å². The van der Waals surface area contributed by atoms with Crippen molar-refractivity contribution in [3.8, 4) is 0 Å². The lowest BCUT2D eigenvalue weighted by molar-refractivity contribution is -0.131. The Bertz CT molecular complexity index is 1280. The number of hydrogen-bond donors (Lipinski definition) is 3. The number of aromatic nitrogens is 6. The summed E-state index contributed by atoms with van der Waals surface area (Å²) in [5.41, 5.74) is 5.71. The number of aromatic carboxylic acids is 1. The molecule has 0 spiro atoms. The van der Waals surface area contributed by atoms with Gasteiger partial charge in [0, 0.05) is 38.8 Å². The number of unbranched alkanes of at least 4 members (excludes halogenated alkanes) is 2. The van der Waals surface area contributed by atoms with Crippen molar-refractivity contribution in [2.75, 3.05) is 37.6 Å². The molecule has 184 valence electrons. The van der Waals surface area contributed by atoms with E-state index in [9.17, 15) is 19.5 Å². The summed E-state index contributed by atoms with van der Waals surface area (Å²) in [4.78, 5) is 45.7. The van der Waals surface area contributed by atoms with Gasteiger partial charge in [0.25, 0.3) is 5.56 Å². The van der Waals surface area contributed by atoms with Crippen LogP contribution in [0.15, 0.2) is 23.1 Å². The fourth-order valence-electron chi connectivity index (χ4n) is 3.98. The molecule has 13 heteroatoms. The fraction of sp³-hybridized carbons (Fsp3) is 0.409. The van der Waals surface area contributed by atoms with Gasteiger partial charge in [0.05, 0.1) is 11.1 Å². The average Bonchev–Trinajstić information content (AvgIpc) is 3.39. The van der Waals surface area contributed by atoms with Gasteiger partial charge in [0.2, 0.25) is 5.91 Å². The van der Waals surface area contributed by atoms with E-state index < -0.39 is 5.97 Å². The fourth-order valence-corrected chi connectivity index (χ4v) is 3.98. The van der Waals surface area contributed by atoms with E-state index in [4.69, 9.17) is 5.73 Å². The lowest BCUT2D eigenvalue weighted by Gasteiger charge is -2.36. The predicted molar refractivity (Wildman–Crippen MR) is 128 cm³/mol. The summed E-state index contributed by atoms with van der Waals surface area (Å²) in [6.07, 6.45) is 7.66. The number of amides is 1. The first-order chi connectivity index (χ1) is 17.0. The smallest absolute Gasteiger partial charge is 0.335 e. The van der Waals surface area contributed by atoms with E-state index in [0.29, 0.717) is 56.4 Å². The Balaban J connectivity index is 1.61. The van der Waals surface area contributed by atoms with Crippen LogP contribution in [-0.4, -0.2) is 84.6 Å². The Morgan fingerprint density at radius 1 is 1.14 bits per heavy atom. The van der Waals surface area contributed by atoms with Crippen molar-refractivity contribution in [2.45, 2.75) is 25.7 Å². The van der Waals surface area contributed by atoms with Gasteiger partial charge in [-0.1, -0.05) is 6.42 Å². The van der Waals surface area contributed by atoms with Gasteiger partial charge in [-0.05, 0) is 48.9 Å². The molecule has 3 aromatic heterocycles. The van der Waals surface area contributed by atoms with Gasteiger partial charge >= 0.3 is 5.97 Å². The van der Waals surface area contributed by atoms with Gasteiger partial charge in [-0.15, -0.1) is 10.2 Å². The second-order valence-electron chi connectivity index (χ2n) is 8.17. The Kier molecular flexibility index (Phi) is 7.45. The molecule has 0 aliphatic carbocycles. The molecule has 0 saturated carbocycles. The maximum absolute atomic E-state index is 13.3. The topological polar surface area (TPSA) is 176 Å². The number of pyridine rings is 1. The van der Waals surface area contributed by atoms with E-state index in [0.717, 1.165) is 19.3 Å². The molecule has 1 amide bonds. The molecule has 1 aliphatic heterocycles. The highest BCUT2D eigenvalue weighted by molar-refractivity contribution is 5.89. The molecular formula is C22H27N9O4. The molecule has 0 atom stereocenters. The minimum absolute atomic E-state index is 0.0305. The third-order valence-electron chi connectivity index (χ3n) is 5.88. The number of nitrogens with two attached hydrogens (primary N) is 1. The molecule has 4 rings (SSSR count). The highest BCUT2D eigenvalue weighted by Crippen LogP contribution is 2.21. The van der Waals surface area contributed by atoms with Gasteiger partial charge in [0.1, 0.15) is 11.5 Å². The third-order valence-corrected chi connectivity index (χ3v) is 5.88. The number of aromatic amines is 1. The molecule has 1 saturated heterocycles. The number of fused-ring (bicyclic) bond motifs is 1. The molecule has 1 aliphatic rings. The predicted octanol–water partition coefficient (Wildman–Crippen LogP) is 0.244. The molecule has 0 radical (unpaired) electrons. The average molecular weight is 482 g/mol. The molecule has 0 aromatic carbocycles. The van der Waals surface area contributed by atoms with Crippen molar-refractivity contribution in [2.24, 2.45) is 5.73 Å².